The number of aliphatic imine (C=N–C) groups is 1. The fraction of sp³-hybridized carbons (Fsp3) is 0. The first-order valence-corrected chi connectivity index (χ1v) is 5.90. The van der Waals surface area contributed by atoms with Crippen LogP contribution in [0.4, 0.5) is 5.69 Å². The molecule has 2 nitrogen and oxygen atoms in total. The van der Waals surface area contributed by atoms with Gasteiger partial charge in [0.25, 0.3) is 0 Å². The van der Waals surface area contributed by atoms with E-state index in [0.717, 1.165) is 11.3 Å². The number of phenolic OH excluding ortho intramolecular Hbond substituents is 1. The Balaban J connectivity index is 2.15. The van der Waals surface area contributed by atoms with Crippen LogP contribution in [0.15, 0.2) is 53.5 Å². The second-order valence-corrected chi connectivity index (χ2v) is 4.57. The Bertz CT molecular complexity index is 441. The second kappa shape index (κ2) is 5.12. The van der Waals surface area contributed by atoms with E-state index in [1.807, 2.05) is 30.5 Å². The van der Waals surface area contributed by atoms with Gasteiger partial charge in [-0.25, -0.2) is 0 Å². The molecule has 2 rings (SSSR count). The van der Waals surface area contributed by atoms with Crippen molar-refractivity contribution >= 4 is 34.5 Å². The molecule has 0 radical (unpaired) electrons. The van der Waals surface area contributed by atoms with Crippen LogP contribution in [-0.4, -0.2) is 11.3 Å². The van der Waals surface area contributed by atoms with Gasteiger partial charge in [-0.3, -0.25) is 4.99 Å². The van der Waals surface area contributed by atoms with Gasteiger partial charge >= 0.3 is 0 Å². The predicted octanol–water partition coefficient (Wildman–Crippen LogP) is 3.75. The van der Waals surface area contributed by atoms with Crippen LogP contribution in [0.25, 0.3) is 0 Å². The Hall–Kier alpha value is -1.36. The van der Waals surface area contributed by atoms with Crippen LogP contribution in [0.2, 0.25) is 0 Å². The molecule has 16 heavy (non-hydrogen) atoms. The van der Waals surface area contributed by atoms with Crippen molar-refractivity contribution in [2.75, 3.05) is 0 Å². The normalized spacial score (nSPS) is 10.8. The lowest BCUT2D eigenvalue weighted by atomic mass is 10.2. The lowest BCUT2D eigenvalue weighted by Crippen LogP contribution is -1.80. The van der Waals surface area contributed by atoms with Gasteiger partial charge in [-0.1, -0.05) is 12.1 Å². The minimum absolute atomic E-state index is 0.258. The van der Waals surface area contributed by atoms with E-state index < -0.39 is 0 Å². The molecule has 0 heterocycles. The smallest absolute Gasteiger partial charge is 0.115 e. The number of halogens is 1. The van der Waals surface area contributed by atoms with Crippen LogP contribution in [-0.2, 0) is 0 Å². The molecule has 0 aliphatic rings. The summed E-state index contributed by atoms with van der Waals surface area (Å²) in [5.74, 6) is 0.258. The van der Waals surface area contributed by atoms with E-state index >= 15 is 0 Å². The number of aromatic hydroxyl groups is 1. The molecule has 0 saturated carbocycles. The van der Waals surface area contributed by atoms with E-state index in [2.05, 4.69) is 27.6 Å². The third-order valence-corrected chi connectivity index (χ3v) is 2.80. The fourth-order valence-electron chi connectivity index (χ4n) is 1.24. The van der Waals surface area contributed by atoms with Crippen molar-refractivity contribution in [1.29, 1.82) is 0 Å². The molecule has 0 saturated heterocycles. The molecule has 0 unspecified atom stereocenters. The molecule has 0 fully saturated rings. The first-order valence-electron chi connectivity index (χ1n) is 4.83. The van der Waals surface area contributed by atoms with Gasteiger partial charge in [0.2, 0.25) is 0 Å². The summed E-state index contributed by atoms with van der Waals surface area (Å²) < 4.78 is 1.21. The maximum absolute atomic E-state index is 9.12. The highest BCUT2D eigenvalue weighted by molar-refractivity contribution is 14.1. The standard InChI is InChI=1S/C13H10INO/c14-11-3-1-10(2-4-11)9-15-12-5-7-13(16)8-6-12/h1-9,16H. The third kappa shape index (κ3) is 3.06. The molecular weight excluding hydrogens is 313 g/mol. The lowest BCUT2D eigenvalue weighted by molar-refractivity contribution is 0.475. The summed E-state index contributed by atoms with van der Waals surface area (Å²) >= 11 is 2.27. The maximum atomic E-state index is 9.12. The molecular formula is C13H10INO. The van der Waals surface area contributed by atoms with Crippen molar-refractivity contribution in [3.05, 3.63) is 57.7 Å². The molecule has 0 aromatic heterocycles. The van der Waals surface area contributed by atoms with Crippen LogP contribution in [0.5, 0.6) is 5.75 Å². The lowest BCUT2D eigenvalue weighted by Gasteiger charge is -1.95. The highest BCUT2D eigenvalue weighted by atomic mass is 127. The van der Waals surface area contributed by atoms with Gasteiger partial charge in [0.05, 0.1) is 5.69 Å². The Kier molecular flexibility index (Phi) is 3.56. The second-order valence-electron chi connectivity index (χ2n) is 3.33. The van der Waals surface area contributed by atoms with Gasteiger partial charge in [-0.2, -0.15) is 0 Å². The topological polar surface area (TPSA) is 32.6 Å². The highest BCUT2D eigenvalue weighted by Gasteiger charge is 1.90. The molecule has 0 aliphatic heterocycles. The monoisotopic (exact) mass is 323 g/mol. The van der Waals surface area contributed by atoms with Crippen molar-refractivity contribution < 1.29 is 5.11 Å². The molecule has 0 spiro atoms. The first kappa shape index (κ1) is 11.1. The molecule has 0 bridgehead atoms. The van der Waals surface area contributed by atoms with E-state index in [0.29, 0.717) is 0 Å². The highest BCUT2D eigenvalue weighted by Crippen LogP contribution is 2.16. The van der Waals surface area contributed by atoms with E-state index in [4.69, 9.17) is 5.11 Å². The first-order chi connectivity index (χ1) is 7.74. The van der Waals surface area contributed by atoms with E-state index in [1.54, 1.807) is 24.3 Å². The molecule has 1 N–H and O–H groups in total. The number of hydrogen-bond acceptors (Lipinski definition) is 2. The molecule has 2 aromatic rings. The Labute approximate surface area is 108 Å². The van der Waals surface area contributed by atoms with Crippen molar-refractivity contribution in [2.24, 2.45) is 4.99 Å². The largest absolute Gasteiger partial charge is 0.508 e. The van der Waals surface area contributed by atoms with Gasteiger partial charge in [0.15, 0.2) is 0 Å². The summed E-state index contributed by atoms with van der Waals surface area (Å²) in [5.41, 5.74) is 1.89. The van der Waals surface area contributed by atoms with Crippen LogP contribution >= 0.6 is 22.6 Å². The van der Waals surface area contributed by atoms with E-state index in [9.17, 15) is 0 Å². The zero-order chi connectivity index (χ0) is 11.4. The van der Waals surface area contributed by atoms with Crippen LogP contribution in [0.3, 0.4) is 0 Å². The van der Waals surface area contributed by atoms with Gasteiger partial charge in [0, 0.05) is 9.78 Å². The van der Waals surface area contributed by atoms with Crippen molar-refractivity contribution in [3.63, 3.8) is 0 Å². The number of nitrogens with zero attached hydrogens (tertiary/aromatic N) is 1. The Morgan fingerprint density at radius 3 is 2.19 bits per heavy atom. The quantitative estimate of drug-likeness (QED) is 0.663. The van der Waals surface area contributed by atoms with E-state index in [-0.39, 0.29) is 5.75 Å². The van der Waals surface area contributed by atoms with Crippen LogP contribution in [0, 0.1) is 3.57 Å². The van der Waals surface area contributed by atoms with E-state index in [1.165, 1.54) is 3.57 Å². The zero-order valence-corrected chi connectivity index (χ0v) is 10.6. The number of rotatable bonds is 2. The number of phenols is 1. The summed E-state index contributed by atoms with van der Waals surface area (Å²) in [4.78, 5) is 4.31. The van der Waals surface area contributed by atoms with Crippen molar-refractivity contribution in [3.8, 4) is 5.75 Å². The summed E-state index contributed by atoms with van der Waals surface area (Å²) in [6, 6.07) is 14.9. The number of benzene rings is 2. The summed E-state index contributed by atoms with van der Waals surface area (Å²) in [6.07, 6.45) is 1.81. The average molecular weight is 323 g/mol. The third-order valence-electron chi connectivity index (χ3n) is 2.08. The predicted molar refractivity (Wildman–Crippen MR) is 74.5 cm³/mol. The zero-order valence-electron chi connectivity index (χ0n) is 8.47. The SMILES string of the molecule is Oc1ccc(N=Cc2ccc(I)cc2)cc1. The van der Waals surface area contributed by atoms with Gasteiger partial charge in [-0.05, 0) is 64.6 Å². The molecule has 3 heteroatoms. The Morgan fingerprint density at radius 2 is 1.56 bits per heavy atom. The average Bonchev–Trinajstić information content (AvgIpc) is 2.30. The summed E-state index contributed by atoms with van der Waals surface area (Å²) in [7, 11) is 0. The summed E-state index contributed by atoms with van der Waals surface area (Å²) in [6.45, 7) is 0. The fourth-order valence-corrected chi connectivity index (χ4v) is 1.60. The Morgan fingerprint density at radius 1 is 0.938 bits per heavy atom. The van der Waals surface area contributed by atoms with Gasteiger partial charge in [-0.15, -0.1) is 0 Å². The van der Waals surface area contributed by atoms with Crippen molar-refractivity contribution in [2.45, 2.75) is 0 Å². The minimum atomic E-state index is 0.258. The summed E-state index contributed by atoms with van der Waals surface area (Å²) in [5, 5.41) is 9.12. The van der Waals surface area contributed by atoms with Gasteiger partial charge < -0.3 is 5.11 Å². The number of hydrogen-bond donors (Lipinski definition) is 1. The van der Waals surface area contributed by atoms with Gasteiger partial charge in [0.1, 0.15) is 5.75 Å². The molecule has 2 aromatic carbocycles. The molecule has 0 aliphatic carbocycles. The van der Waals surface area contributed by atoms with Crippen molar-refractivity contribution in [1.82, 2.24) is 0 Å². The van der Waals surface area contributed by atoms with Crippen LogP contribution in [0.1, 0.15) is 5.56 Å². The molecule has 0 amide bonds. The maximum Gasteiger partial charge on any atom is 0.115 e. The molecule has 0 atom stereocenters. The molecule has 80 valence electrons. The van der Waals surface area contributed by atoms with Crippen LogP contribution < -0.4 is 0 Å². The minimum Gasteiger partial charge on any atom is -0.508 e.